The van der Waals surface area contributed by atoms with Crippen molar-refractivity contribution in [3.8, 4) is 11.5 Å². The molecule has 1 fully saturated rings. The number of carbonyl (C=O) groups is 2. The molecule has 7 nitrogen and oxygen atoms in total. The molecule has 0 saturated carbocycles. The van der Waals surface area contributed by atoms with Gasteiger partial charge in [-0.2, -0.15) is 0 Å². The van der Waals surface area contributed by atoms with Crippen LogP contribution in [0.1, 0.15) is 42.5 Å². The molecule has 1 aliphatic heterocycles. The van der Waals surface area contributed by atoms with Crippen molar-refractivity contribution in [1.29, 1.82) is 0 Å². The molecule has 0 unspecified atom stereocenters. The van der Waals surface area contributed by atoms with Crippen molar-refractivity contribution in [2.24, 2.45) is 5.73 Å². The first-order valence-corrected chi connectivity index (χ1v) is 9.65. The number of carbonyl (C=O) groups excluding carboxylic acids is 2. The minimum absolute atomic E-state index is 0.0343. The Morgan fingerprint density at radius 1 is 1.17 bits per heavy atom. The van der Waals surface area contributed by atoms with Gasteiger partial charge >= 0.3 is 6.03 Å². The molecule has 1 aliphatic rings. The Hall–Kier alpha value is -3.22. The number of rotatable bonds is 7. The van der Waals surface area contributed by atoms with Gasteiger partial charge in [0, 0.05) is 18.2 Å². The lowest BCUT2D eigenvalue weighted by atomic mass is 10.0. The van der Waals surface area contributed by atoms with Gasteiger partial charge in [0.25, 0.3) is 0 Å². The van der Waals surface area contributed by atoms with Gasteiger partial charge in [-0.1, -0.05) is 30.3 Å². The average molecular weight is 397 g/mol. The van der Waals surface area contributed by atoms with E-state index in [2.05, 4.69) is 5.32 Å². The number of ether oxygens (including phenoxy) is 2. The third-order valence-corrected chi connectivity index (χ3v) is 5.27. The molecule has 0 aliphatic carbocycles. The Bertz CT molecular complexity index is 856. The lowest BCUT2D eigenvalue weighted by molar-refractivity contribution is -0.132. The highest BCUT2D eigenvalue weighted by molar-refractivity contribution is 5.79. The van der Waals surface area contributed by atoms with Crippen LogP contribution in [-0.2, 0) is 4.79 Å². The summed E-state index contributed by atoms with van der Waals surface area (Å²) in [6.45, 7) is 0.663. The predicted octanol–water partition coefficient (Wildman–Crippen LogP) is 3.17. The second-order valence-corrected chi connectivity index (χ2v) is 7.03. The van der Waals surface area contributed by atoms with E-state index in [9.17, 15) is 9.59 Å². The van der Waals surface area contributed by atoms with Gasteiger partial charge in [-0.25, -0.2) is 4.79 Å². The molecule has 0 spiro atoms. The highest BCUT2D eigenvalue weighted by Crippen LogP contribution is 2.39. The van der Waals surface area contributed by atoms with E-state index in [1.165, 1.54) is 0 Å². The zero-order chi connectivity index (χ0) is 20.8. The molecule has 2 atom stereocenters. The van der Waals surface area contributed by atoms with Gasteiger partial charge in [-0.3, -0.25) is 4.79 Å². The number of nitrogens with one attached hydrogen (secondary N) is 1. The number of benzene rings is 2. The lowest BCUT2D eigenvalue weighted by Gasteiger charge is -2.28. The van der Waals surface area contributed by atoms with Crippen molar-refractivity contribution in [1.82, 2.24) is 10.2 Å². The molecule has 1 heterocycles. The molecule has 29 heavy (non-hydrogen) atoms. The van der Waals surface area contributed by atoms with Crippen LogP contribution in [-0.4, -0.2) is 37.6 Å². The fourth-order valence-electron chi connectivity index (χ4n) is 3.88. The molecule has 7 heteroatoms. The summed E-state index contributed by atoms with van der Waals surface area (Å²) in [7, 11) is 3.22. The van der Waals surface area contributed by atoms with Crippen LogP contribution in [0, 0.1) is 0 Å². The molecule has 154 valence electrons. The SMILES string of the molecule is COc1ccc([C@@H]2CCCN2C(=O)C[C@@H](NC(N)=O)c2ccccc2)c(OC)c1. The number of primary amides is 1. The Kier molecular flexibility index (Phi) is 6.59. The Balaban J connectivity index is 1.81. The molecule has 0 radical (unpaired) electrons. The fourth-order valence-corrected chi connectivity index (χ4v) is 3.88. The summed E-state index contributed by atoms with van der Waals surface area (Å²) in [5, 5.41) is 2.69. The maximum Gasteiger partial charge on any atom is 0.312 e. The smallest absolute Gasteiger partial charge is 0.312 e. The average Bonchev–Trinajstić information content (AvgIpc) is 3.22. The van der Waals surface area contributed by atoms with E-state index in [1.807, 2.05) is 53.4 Å². The van der Waals surface area contributed by atoms with Crippen LogP contribution in [0.15, 0.2) is 48.5 Å². The summed E-state index contributed by atoms with van der Waals surface area (Å²) in [4.78, 5) is 26.5. The van der Waals surface area contributed by atoms with E-state index in [0.717, 1.165) is 24.0 Å². The van der Waals surface area contributed by atoms with Crippen LogP contribution < -0.4 is 20.5 Å². The highest BCUT2D eigenvalue weighted by atomic mass is 16.5. The third kappa shape index (κ3) is 4.80. The molecule has 0 bridgehead atoms. The highest BCUT2D eigenvalue weighted by Gasteiger charge is 2.33. The van der Waals surface area contributed by atoms with E-state index in [4.69, 9.17) is 15.2 Å². The first-order valence-electron chi connectivity index (χ1n) is 9.65. The summed E-state index contributed by atoms with van der Waals surface area (Å²) < 4.78 is 10.8. The van der Waals surface area contributed by atoms with Gasteiger partial charge in [0.15, 0.2) is 0 Å². The monoisotopic (exact) mass is 397 g/mol. The Morgan fingerprint density at radius 3 is 2.59 bits per heavy atom. The first-order chi connectivity index (χ1) is 14.0. The second-order valence-electron chi connectivity index (χ2n) is 7.03. The van der Waals surface area contributed by atoms with Crippen molar-refractivity contribution in [2.75, 3.05) is 20.8 Å². The van der Waals surface area contributed by atoms with Crippen LogP contribution in [0.3, 0.4) is 0 Å². The predicted molar refractivity (Wildman–Crippen MR) is 110 cm³/mol. The van der Waals surface area contributed by atoms with Gasteiger partial charge in [-0.05, 0) is 30.5 Å². The number of likely N-dealkylation sites (tertiary alicyclic amines) is 1. The van der Waals surface area contributed by atoms with Crippen molar-refractivity contribution < 1.29 is 19.1 Å². The summed E-state index contributed by atoms with van der Waals surface area (Å²) >= 11 is 0. The molecule has 0 aromatic heterocycles. The van der Waals surface area contributed by atoms with Gasteiger partial charge < -0.3 is 25.4 Å². The zero-order valence-electron chi connectivity index (χ0n) is 16.8. The van der Waals surface area contributed by atoms with E-state index in [0.29, 0.717) is 18.0 Å². The van der Waals surface area contributed by atoms with Crippen LogP contribution >= 0.6 is 0 Å². The van der Waals surface area contributed by atoms with Crippen molar-refractivity contribution >= 4 is 11.9 Å². The lowest BCUT2D eigenvalue weighted by Crippen LogP contribution is -2.38. The quantitative estimate of drug-likeness (QED) is 0.750. The third-order valence-electron chi connectivity index (χ3n) is 5.27. The molecule has 2 aromatic rings. The number of hydrogen-bond donors (Lipinski definition) is 2. The van der Waals surface area contributed by atoms with Crippen molar-refractivity contribution in [2.45, 2.75) is 31.3 Å². The molecular weight excluding hydrogens is 370 g/mol. The minimum Gasteiger partial charge on any atom is -0.497 e. The van der Waals surface area contributed by atoms with Crippen LogP contribution in [0.5, 0.6) is 11.5 Å². The normalized spacial score (nSPS) is 16.9. The summed E-state index contributed by atoms with van der Waals surface area (Å²) in [5.74, 6) is 1.37. The number of nitrogens with two attached hydrogens (primary N) is 1. The zero-order valence-corrected chi connectivity index (χ0v) is 16.8. The van der Waals surface area contributed by atoms with E-state index < -0.39 is 12.1 Å². The maximum absolute atomic E-state index is 13.2. The first kappa shape index (κ1) is 20.5. The van der Waals surface area contributed by atoms with Gasteiger partial charge in [0.05, 0.1) is 32.7 Å². The molecular formula is C22H27N3O4. The topological polar surface area (TPSA) is 93.9 Å². The van der Waals surface area contributed by atoms with Crippen molar-refractivity contribution in [3.63, 3.8) is 0 Å². The van der Waals surface area contributed by atoms with E-state index in [-0.39, 0.29) is 18.4 Å². The fraction of sp³-hybridized carbons (Fsp3) is 0.364. The van der Waals surface area contributed by atoms with Gasteiger partial charge in [0.1, 0.15) is 11.5 Å². The van der Waals surface area contributed by atoms with Crippen LogP contribution in [0.2, 0.25) is 0 Å². The molecule has 3 rings (SSSR count). The molecule has 2 aromatic carbocycles. The molecule has 3 amide bonds. The summed E-state index contributed by atoms with van der Waals surface area (Å²) in [5.41, 5.74) is 7.14. The number of urea groups is 1. The number of hydrogen-bond acceptors (Lipinski definition) is 4. The standard InChI is InChI=1S/C22H27N3O4/c1-28-16-10-11-17(20(13-16)29-2)19-9-6-12-25(19)21(26)14-18(24-22(23)27)15-7-4-3-5-8-15/h3-5,7-8,10-11,13,18-19H,6,9,12,14H2,1-2H3,(H3,23,24,27)/t18-,19+/m1/s1. The Morgan fingerprint density at radius 2 is 1.93 bits per heavy atom. The molecule has 3 N–H and O–H groups in total. The number of nitrogens with zero attached hydrogens (tertiary/aromatic N) is 1. The number of amides is 3. The number of methoxy groups -OCH3 is 2. The Labute approximate surface area is 170 Å². The second kappa shape index (κ2) is 9.32. The maximum atomic E-state index is 13.2. The molecule has 1 saturated heterocycles. The van der Waals surface area contributed by atoms with Crippen LogP contribution in [0.25, 0.3) is 0 Å². The van der Waals surface area contributed by atoms with E-state index in [1.54, 1.807) is 14.2 Å². The summed E-state index contributed by atoms with van der Waals surface area (Å²) in [6.07, 6.45) is 1.90. The van der Waals surface area contributed by atoms with E-state index >= 15 is 0 Å². The van der Waals surface area contributed by atoms with Crippen molar-refractivity contribution in [3.05, 3.63) is 59.7 Å². The largest absolute Gasteiger partial charge is 0.497 e. The minimum atomic E-state index is -0.651. The van der Waals surface area contributed by atoms with Gasteiger partial charge in [-0.15, -0.1) is 0 Å². The van der Waals surface area contributed by atoms with Crippen LogP contribution in [0.4, 0.5) is 4.79 Å². The van der Waals surface area contributed by atoms with Gasteiger partial charge in [0.2, 0.25) is 5.91 Å². The summed E-state index contributed by atoms with van der Waals surface area (Å²) in [6, 6.07) is 13.8.